The van der Waals surface area contributed by atoms with E-state index < -0.39 is 0 Å². The number of carbonyl (C=O) groups is 1. The van der Waals surface area contributed by atoms with Crippen LogP contribution in [0.25, 0.3) is 0 Å². The predicted octanol–water partition coefficient (Wildman–Crippen LogP) is 3.85. The Kier molecular flexibility index (Phi) is 6.16. The highest BCUT2D eigenvalue weighted by atomic mass is 35.5. The maximum absolute atomic E-state index is 11.3. The van der Waals surface area contributed by atoms with E-state index in [1.807, 2.05) is 31.2 Å². The van der Waals surface area contributed by atoms with Crippen molar-refractivity contribution in [3.05, 3.63) is 40.5 Å². The van der Waals surface area contributed by atoms with E-state index in [4.69, 9.17) is 16.6 Å². The van der Waals surface area contributed by atoms with Crippen molar-refractivity contribution in [1.82, 2.24) is 15.3 Å². The minimum atomic E-state index is 0.00909. The summed E-state index contributed by atoms with van der Waals surface area (Å²) in [5.74, 6) is 1.47. The molecule has 0 aliphatic carbocycles. The molecule has 1 fully saturated rings. The van der Waals surface area contributed by atoms with E-state index in [0.29, 0.717) is 11.0 Å². The lowest BCUT2D eigenvalue weighted by Crippen LogP contribution is -2.35. The monoisotopic (exact) mass is 387 g/mol. The highest BCUT2D eigenvalue weighted by Crippen LogP contribution is 2.25. The third-order valence-corrected chi connectivity index (χ3v) is 5.03. The quantitative estimate of drug-likeness (QED) is 0.787. The van der Waals surface area contributed by atoms with Crippen LogP contribution in [0, 0.1) is 6.92 Å². The van der Waals surface area contributed by atoms with E-state index >= 15 is 0 Å². The zero-order valence-corrected chi connectivity index (χ0v) is 16.8. The molecule has 2 N–H and O–H groups in total. The smallest absolute Gasteiger partial charge is 0.229 e. The van der Waals surface area contributed by atoms with Crippen LogP contribution < -0.4 is 15.5 Å². The molecule has 1 aliphatic heterocycles. The number of rotatable bonds is 6. The van der Waals surface area contributed by atoms with Crippen LogP contribution in [0.2, 0.25) is 5.02 Å². The minimum absolute atomic E-state index is 0.00909. The molecule has 3 rings (SSSR count). The molecule has 0 spiro atoms. The lowest BCUT2D eigenvalue weighted by Gasteiger charge is -2.19. The number of amides is 1. The summed E-state index contributed by atoms with van der Waals surface area (Å²) in [7, 11) is 0. The van der Waals surface area contributed by atoms with Gasteiger partial charge in [0.1, 0.15) is 5.82 Å². The number of benzene rings is 1. The maximum atomic E-state index is 11.3. The van der Waals surface area contributed by atoms with Gasteiger partial charge < -0.3 is 15.5 Å². The third-order valence-electron chi connectivity index (χ3n) is 4.62. The number of nitrogens with zero attached hydrogens (tertiary/aromatic N) is 3. The molecule has 1 amide bonds. The summed E-state index contributed by atoms with van der Waals surface area (Å²) < 4.78 is 0. The topological polar surface area (TPSA) is 70.2 Å². The Morgan fingerprint density at radius 1 is 1.33 bits per heavy atom. The number of aromatic nitrogens is 2. The van der Waals surface area contributed by atoms with Crippen molar-refractivity contribution in [2.75, 3.05) is 23.3 Å². The molecule has 0 saturated carbocycles. The zero-order chi connectivity index (χ0) is 19.4. The molecule has 2 heterocycles. The first-order valence-electron chi connectivity index (χ1n) is 9.37. The van der Waals surface area contributed by atoms with Crippen LogP contribution in [-0.2, 0) is 11.2 Å². The van der Waals surface area contributed by atoms with Crippen molar-refractivity contribution in [3.63, 3.8) is 0 Å². The van der Waals surface area contributed by atoms with Gasteiger partial charge >= 0.3 is 0 Å². The van der Waals surface area contributed by atoms with E-state index in [1.165, 1.54) is 0 Å². The number of aryl methyl sites for hydroxylation is 2. The first-order chi connectivity index (χ1) is 12.9. The second-order valence-electron chi connectivity index (χ2n) is 7.01. The first-order valence-corrected chi connectivity index (χ1v) is 9.75. The molecule has 1 aromatic carbocycles. The zero-order valence-electron chi connectivity index (χ0n) is 16.1. The molecule has 27 heavy (non-hydrogen) atoms. The van der Waals surface area contributed by atoms with E-state index in [0.717, 1.165) is 55.1 Å². The standard InChI is InChI=1S/C20H26ClN5O/c1-4-5-15-11-19(26-9-8-17(12-26)22-14(3)27)25-20(23-15)24-16-7-6-13(2)18(21)10-16/h6-7,10-11,17H,4-5,8-9,12H2,1-3H3,(H,22,27)(H,23,24,25). The molecule has 0 bridgehead atoms. The summed E-state index contributed by atoms with van der Waals surface area (Å²) in [5, 5.41) is 6.98. The predicted molar refractivity (Wildman–Crippen MR) is 110 cm³/mol. The molecule has 1 aliphatic rings. The molecule has 0 radical (unpaired) electrons. The summed E-state index contributed by atoms with van der Waals surface area (Å²) >= 11 is 6.23. The molecule has 7 heteroatoms. The van der Waals surface area contributed by atoms with Gasteiger partial charge in [0.2, 0.25) is 11.9 Å². The van der Waals surface area contributed by atoms with Gasteiger partial charge in [0.15, 0.2) is 0 Å². The van der Waals surface area contributed by atoms with E-state index in [9.17, 15) is 4.79 Å². The fourth-order valence-electron chi connectivity index (χ4n) is 3.26. The largest absolute Gasteiger partial charge is 0.354 e. The van der Waals surface area contributed by atoms with Gasteiger partial charge in [0.25, 0.3) is 0 Å². The Labute approximate surface area is 165 Å². The highest BCUT2D eigenvalue weighted by molar-refractivity contribution is 6.31. The molecular formula is C20H26ClN5O. The molecule has 1 aromatic heterocycles. The molecule has 1 saturated heterocycles. The van der Waals surface area contributed by atoms with Crippen LogP contribution in [0.1, 0.15) is 37.9 Å². The Hall–Kier alpha value is -2.34. The molecule has 1 unspecified atom stereocenters. The molecule has 1 atom stereocenters. The van der Waals surface area contributed by atoms with Gasteiger partial charge in [-0.15, -0.1) is 0 Å². The highest BCUT2D eigenvalue weighted by Gasteiger charge is 2.24. The Morgan fingerprint density at radius 3 is 2.85 bits per heavy atom. The van der Waals surface area contributed by atoms with Gasteiger partial charge in [-0.3, -0.25) is 4.79 Å². The van der Waals surface area contributed by atoms with E-state index in [2.05, 4.69) is 27.4 Å². The molecular weight excluding hydrogens is 362 g/mol. The average Bonchev–Trinajstić information content (AvgIpc) is 3.06. The summed E-state index contributed by atoms with van der Waals surface area (Å²) in [6, 6.07) is 8.04. The normalized spacial score (nSPS) is 16.4. The number of hydrogen-bond donors (Lipinski definition) is 2. The first kappa shape index (κ1) is 19.4. The second kappa shape index (κ2) is 8.57. The fourth-order valence-corrected chi connectivity index (χ4v) is 3.44. The van der Waals surface area contributed by atoms with Crippen LogP contribution in [0.4, 0.5) is 17.5 Å². The third kappa shape index (κ3) is 5.10. The van der Waals surface area contributed by atoms with Gasteiger partial charge in [-0.1, -0.05) is 31.0 Å². The van der Waals surface area contributed by atoms with Crippen LogP contribution in [-0.4, -0.2) is 35.0 Å². The van der Waals surface area contributed by atoms with Crippen LogP contribution >= 0.6 is 11.6 Å². The van der Waals surface area contributed by atoms with Crippen molar-refractivity contribution in [2.24, 2.45) is 0 Å². The van der Waals surface area contributed by atoms with Crippen molar-refractivity contribution >= 4 is 35.0 Å². The van der Waals surface area contributed by atoms with Gasteiger partial charge in [0.05, 0.1) is 0 Å². The number of hydrogen-bond acceptors (Lipinski definition) is 5. The minimum Gasteiger partial charge on any atom is -0.354 e. The lowest BCUT2D eigenvalue weighted by atomic mass is 10.2. The number of halogens is 1. The van der Waals surface area contributed by atoms with Crippen molar-refractivity contribution in [3.8, 4) is 0 Å². The molecule has 144 valence electrons. The van der Waals surface area contributed by atoms with Gasteiger partial charge in [-0.2, -0.15) is 4.98 Å². The van der Waals surface area contributed by atoms with Gasteiger partial charge in [-0.05, 0) is 37.5 Å². The number of nitrogens with one attached hydrogen (secondary N) is 2. The van der Waals surface area contributed by atoms with E-state index in [-0.39, 0.29) is 11.9 Å². The number of anilines is 3. The number of carbonyl (C=O) groups excluding carboxylic acids is 1. The van der Waals surface area contributed by atoms with Crippen molar-refractivity contribution < 1.29 is 4.79 Å². The van der Waals surface area contributed by atoms with Crippen LogP contribution in [0.3, 0.4) is 0 Å². The SMILES string of the molecule is CCCc1cc(N2CCC(NC(C)=O)C2)nc(Nc2ccc(C)c(Cl)c2)n1. The van der Waals surface area contributed by atoms with Gasteiger partial charge in [0, 0.05) is 48.5 Å². The Bertz CT molecular complexity index is 826. The van der Waals surface area contributed by atoms with Gasteiger partial charge in [-0.25, -0.2) is 4.98 Å². The molecule has 6 nitrogen and oxygen atoms in total. The van der Waals surface area contributed by atoms with Crippen LogP contribution in [0.5, 0.6) is 0 Å². The summed E-state index contributed by atoms with van der Waals surface area (Å²) in [6.07, 6.45) is 2.83. The fraction of sp³-hybridized carbons (Fsp3) is 0.450. The average molecular weight is 388 g/mol. The summed E-state index contributed by atoms with van der Waals surface area (Å²) in [5.41, 5.74) is 2.90. The Morgan fingerprint density at radius 2 is 2.15 bits per heavy atom. The molecule has 2 aromatic rings. The maximum Gasteiger partial charge on any atom is 0.229 e. The van der Waals surface area contributed by atoms with Crippen LogP contribution in [0.15, 0.2) is 24.3 Å². The Balaban J connectivity index is 1.82. The summed E-state index contributed by atoms with van der Waals surface area (Å²) in [4.78, 5) is 22.9. The lowest BCUT2D eigenvalue weighted by molar-refractivity contribution is -0.119. The van der Waals surface area contributed by atoms with Crippen molar-refractivity contribution in [2.45, 2.75) is 46.1 Å². The van der Waals surface area contributed by atoms with Crippen molar-refractivity contribution in [1.29, 1.82) is 0 Å². The summed E-state index contributed by atoms with van der Waals surface area (Å²) in [6.45, 7) is 7.29. The van der Waals surface area contributed by atoms with E-state index in [1.54, 1.807) is 6.92 Å². The second-order valence-corrected chi connectivity index (χ2v) is 7.42.